The number of nitrogens with zero attached hydrogens (tertiary/aromatic N) is 2. The van der Waals surface area contributed by atoms with Crippen molar-refractivity contribution >= 4 is 23.9 Å². The number of aromatic nitrogens is 3. The maximum Gasteiger partial charge on any atom is 0.342 e. The summed E-state index contributed by atoms with van der Waals surface area (Å²) in [4.78, 5) is 36.6. The molecule has 0 fully saturated rings. The van der Waals surface area contributed by atoms with E-state index in [0.717, 1.165) is 17.3 Å². The second-order valence-corrected chi connectivity index (χ2v) is 8.01. The highest BCUT2D eigenvalue weighted by atomic mass is 32.2. The van der Waals surface area contributed by atoms with Gasteiger partial charge in [-0.3, -0.25) is 14.6 Å². The smallest absolute Gasteiger partial charge is 0.272 e. The van der Waals surface area contributed by atoms with E-state index in [0.29, 0.717) is 0 Å². The van der Waals surface area contributed by atoms with E-state index >= 15 is 0 Å². The lowest BCUT2D eigenvalue weighted by Gasteiger charge is -2.18. The molecule has 1 aromatic heterocycles. The van der Waals surface area contributed by atoms with E-state index in [1.54, 1.807) is 13.1 Å². The van der Waals surface area contributed by atoms with E-state index < -0.39 is 16.5 Å². The molecule has 26 heavy (non-hydrogen) atoms. The Labute approximate surface area is 154 Å². The van der Waals surface area contributed by atoms with Crippen LogP contribution in [0, 0.1) is 0 Å². The number of hydrazone groups is 1. The van der Waals surface area contributed by atoms with Gasteiger partial charge in [0, 0.05) is 0 Å². The highest BCUT2D eigenvalue weighted by molar-refractivity contribution is 8.00. The predicted octanol–water partition coefficient (Wildman–Crippen LogP) is 1.39. The molecule has 1 aromatic carbocycles. The third kappa shape index (κ3) is 5.41. The molecule has 0 spiro atoms. The van der Waals surface area contributed by atoms with Crippen LogP contribution in [0.3, 0.4) is 0 Å². The zero-order chi connectivity index (χ0) is 19.3. The number of thioether (sulfide) groups is 1. The first-order chi connectivity index (χ1) is 12.2. The molecule has 9 heteroatoms. The Morgan fingerprint density at radius 1 is 1.27 bits per heavy atom. The van der Waals surface area contributed by atoms with Gasteiger partial charge in [-0.2, -0.15) is 10.2 Å². The van der Waals surface area contributed by atoms with Gasteiger partial charge >= 0.3 is 5.69 Å². The minimum absolute atomic E-state index is 0.00833. The first kappa shape index (κ1) is 19.6. The summed E-state index contributed by atoms with van der Waals surface area (Å²) in [6, 6.07) is 7.90. The monoisotopic (exact) mass is 375 g/mol. The molecule has 0 saturated heterocycles. The minimum atomic E-state index is -0.696. The fourth-order valence-corrected chi connectivity index (χ4v) is 2.72. The molecule has 0 aliphatic carbocycles. The Morgan fingerprint density at radius 3 is 2.50 bits per heavy atom. The van der Waals surface area contributed by atoms with Crippen molar-refractivity contribution in [2.75, 3.05) is 0 Å². The van der Waals surface area contributed by atoms with Crippen molar-refractivity contribution in [1.29, 1.82) is 0 Å². The van der Waals surface area contributed by atoms with Gasteiger partial charge in [-0.25, -0.2) is 15.3 Å². The van der Waals surface area contributed by atoms with Gasteiger partial charge < -0.3 is 0 Å². The third-order valence-corrected chi connectivity index (χ3v) is 4.57. The molecule has 1 heterocycles. The van der Waals surface area contributed by atoms with Crippen LogP contribution < -0.4 is 16.7 Å². The van der Waals surface area contributed by atoms with Gasteiger partial charge in [0.2, 0.25) is 0 Å². The van der Waals surface area contributed by atoms with E-state index in [9.17, 15) is 14.4 Å². The lowest BCUT2D eigenvalue weighted by atomic mass is 9.87. The van der Waals surface area contributed by atoms with Crippen molar-refractivity contribution in [1.82, 2.24) is 20.6 Å². The molecule has 0 radical (unpaired) electrons. The first-order valence-corrected chi connectivity index (χ1v) is 8.84. The predicted molar refractivity (Wildman–Crippen MR) is 102 cm³/mol. The molecule has 0 aliphatic heterocycles. The van der Waals surface area contributed by atoms with Crippen LogP contribution in [0.2, 0.25) is 0 Å². The highest BCUT2D eigenvalue weighted by Crippen LogP contribution is 2.21. The molecular formula is C17H21N5O3S. The zero-order valence-electron chi connectivity index (χ0n) is 15.0. The second-order valence-electron chi connectivity index (χ2n) is 6.68. The van der Waals surface area contributed by atoms with Crippen LogP contribution >= 0.6 is 11.8 Å². The molecule has 138 valence electrons. The van der Waals surface area contributed by atoms with Crippen LogP contribution in [0.5, 0.6) is 0 Å². The SMILES string of the molecule is CC(Sc1n[nH]c(=O)[nH]c1=O)C(=O)N/N=C/c1ccc(C(C)(C)C)cc1. The van der Waals surface area contributed by atoms with Gasteiger partial charge in [0.1, 0.15) is 0 Å². The lowest BCUT2D eigenvalue weighted by Crippen LogP contribution is -2.30. The molecule has 8 nitrogen and oxygen atoms in total. The second kappa shape index (κ2) is 8.13. The number of benzene rings is 1. The third-order valence-electron chi connectivity index (χ3n) is 3.50. The summed E-state index contributed by atoms with van der Waals surface area (Å²) >= 11 is 0.927. The van der Waals surface area contributed by atoms with Crippen molar-refractivity contribution in [3.8, 4) is 0 Å². The number of carbonyl (C=O) groups is 1. The molecule has 1 unspecified atom stereocenters. The van der Waals surface area contributed by atoms with Crippen LogP contribution in [0.15, 0.2) is 44.0 Å². The number of aromatic amines is 2. The Hall–Kier alpha value is -2.68. The topological polar surface area (TPSA) is 120 Å². The number of rotatable bonds is 5. The maximum atomic E-state index is 12.0. The van der Waals surface area contributed by atoms with E-state index in [4.69, 9.17) is 0 Å². The van der Waals surface area contributed by atoms with Crippen LogP contribution in [0.1, 0.15) is 38.8 Å². The standard InChI is InChI=1S/C17H21N5O3S/c1-10(26-15-14(24)19-16(25)22-21-15)13(23)20-18-9-11-5-7-12(8-6-11)17(2,3)4/h5-10H,1-4H3,(H,20,23)(H2,19,22,24,25)/b18-9+. The fraction of sp³-hybridized carbons (Fsp3) is 0.353. The number of amides is 1. The van der Waals surface area contributed by atoms with Gasteiger partial charge in [-0.15, -0.1) is 0 Å². The fourth-order valence-electron chi connectivity index (χ4n) is 1.97. The Bertz CT molecular complexity index is 909. The van der Waals surface area contributed by atoms with Crippen molar-refractivity contribution in [2.45, 2.75) is 43.4 Å². The summed E-state index contributed by atoms with van der Waals surface area (Å²) in [6.07, 6.45) is 1.55. The average Bonchev–Trinajstić information content (AvgIpc) is 2.57. The van der Waals surface area contributed by atoms with E-state index in [2.05, 4.69) is 46.5 Å². The summed E-state index contributed by atoms with van der Waals surface area (Å²) in [5.41, 5.74) is 3.23. The number of hydrogen-bond acceptors (Lipinski definition) is 6. The molecule has 0 aliphatic rings. The average molecular weight is 375 g/mol. The summed E-state index contributed by atoms with van der Waals surface area (Å²) in [5.74, 6) is -0.384. The van der Waals surface area contributed by atoms with Crippen molar-refractivity contribution < 1.29 is 4.79 Å². The molecule has 0 bridgehead atoms. The van der Waals surface area contributed by atoms with Crippen LogP contribution in [-0.4, -0.2) is 32.6 Å². The Balaban J connectivity index is 1.93. The molecule has 2 aromatic rings. The number of nitrogens with one attached hydrogen (secondary N) is 3. The van der Waals surface area contributed by atoms with Crippen LogP contribution in [0.25, 0.3) is 0 Å². The number of carbonyl (C=O) groups excluding carboxylic acids is 1. The van der Waals surface area contributed by atoms with E-state index in [-0.39, 0.29) is 16.3 Å². The van der Waals surface area contributed by atoms with Gasteiger partial charge in [0.25, 0.3) is 11.5 Å². The van der Waals surface area contributed by atoms with Crippen molar-refractivity contribution in [3.05, 3.63) is 56.2 Å². The molecule has 0 saturated carbocycles. The Morgan fingerprint density at radius 2 is 1.92 bits per heavy atom. The molecule has 1 amide bonds. The summed E-state index contributed by atoms with van der Waals surface area (Å²) in [7, 11) is 0. The maximum absolute atomic E-state index is 12.0. The minimum Gasteiger partial charge on any atom is -0.272 e. The molecule has 1 atom stereocenters. The highest BCUT2D eigenvalue weighted by Gasteiger charge is 2.17. The quantitative estimate of drug-likeness (QED) is 0.414. The molecular weight excluding hydrogens is 354 g/mol. The first-order valence-electron chi connectivity index (χ1n) is 7.96. The van der Waals surface area contributed by atoms with Crippen LogP contribution in [-0.2, 0) is 10.2 Å². The van der Waals surface area contributed by atoms with Gasteiger partial charge in [-0.05, 0) is 23.5 Å². The van der Waals surface area contributed by atoms with Crippen molar-refractivity contribution in [3.63, 3.8) is 0 Å². The normalized spacial score (nSPS) is 12.9. The molecule has 2 rings (SSSR count). The van der Waals surface area contributed by atoms with Gasteiger partial charge in [-0.1, -0.05) is 56.8 Å². The number of hydrogen-bond donors (Lipinski definition) is 3. The summed E-state index contributed by atoms with van der Waals surface area (Å²) in [6.45, 7) is 8.02. The van der Waals surface area contributed by atoms with Gasteiger partial charge in [0.05, 0.1) is 11.5 Å². The lowest BCUT2D eigenvalue weighted by molar-refractivity contribution is -0.120. The number of H-pyrrole nitrogens is 2. The molecule has 3 N–H and O–H groups in total. The largest absolute Gasteiger partial charge is 0.342 e. The van der Waals surface area contributed by atoms with Gasteiger partial charge in [0.15, 0.2) is 5.03 Å². The van der Waals surface area contributed by atoms with Crippen LogP contribution in [0.4, 0.5) is 0 Å². The zero-order valence-corrected chi connectivity index (χ0v) is 15.8. The van der Waals surface area contributed by atoms with E-state index in [1.807, 2.05) is 24.3 Å². The summed E-state index contributed by atoms with van der Waals surface area (Å²) < 4.78 is 0. The Kier molecular flexibility index (Phi) is 6.14. The van der Waals surface area contributed by atoms with Crippen molar-refractivity contribution in [2.24, 2.45) is 5.10 Å². The summed E-state index contributed by atoms with van der Waals surface area (Å²) in [5, 5.41) is 9.06. The van der Waals surface area contributed by atoms with E-state index in [1.165, 1.54) is 5.56 Å².